The van der Waals surface area contributed by atoms with Crippen LogP contribution in [0.15, 0.2) is 200 Å². The predicted molar refractivity (Wildman–Crippen MR) is 265 cm³/mol. The Balaban J connectivity index is 1.07. The summed E-state index contributed by atoms with van der Waals surface area (Å²) in [5, 5.41) is 11.2. The molecule has 0 amide bonds. The number of hydrogen-bond donors (Lipinski definition) is 0. The molecular formula is C59H41N5. The zero-order chi connectivity index (χ0) is 42.1. The fraction of sp³-hybridized carbons (Fsp3) is 0.0678. The van der Waals surface area contributed by atoms with Crippen molar-refractivity contribution in [2.24, 2.45) is 5.92 Å². The molecule has 1 unspecified atom stereocenters. The van der Waals surface area contributed by atoms with E-state index in [9.17, 15) is 0 Å². The molecule has 2 aliphatic rings. The molecule has 64 heavy (non-hydrogen) atoms. The van der Waals surface area contributed by atoms with Gasteiger partial charge in [0.05, 0.1) is 27.6 Å². The molecule has 2 aliphatic carbocycles. The first-order chi connectivity index (χ1) is 31.7. The molecule has 5 nitrogen and oxygen atoms in total. The first kappa shape index (κ1) is 36.5. The van der Waals surface area contributed by atoms with Crippen molar-refractivity contribution in [1.82, 2.24) is 24.1 Å². The molecule has 0 N–H and O–H groups in total. The molecule has 3 aromatic heterocycles. The van der Waals surface area contributed by atoms with E-state index in [1.807, 2.05) is 36.4 Å². The highest BCUT2D eigenvalue weighted by molar-refractivity contribution is 6.23. The van der Waals surface area contributed by atoms with Crippen molar-refractivity contribution in [1.29, 1.82) is 0 Å². The molecule has 5 heteroatoms. The van der Waals surface area contributed by atoms with Gasteiger partial charge in [-0.1, -0.05) is 164 Å². The van der Waals surface area contributed by atoms with Crippen LogP contribution >= 0.6 is 0 Å². The van der Waals surface area contributed by atoms with E-state index >= 15 is 0 Å². The Morgan fingerprint density at radius 3 is 1.89 bits per heavy atom. The number of hydrogen-bond acceptors (Lipinski definition) is 3. The van der Waals surface area contributed by atoms with Gasteiger partial charge in [0.2, 0.25) is 0 Å². The third-order valence-electron chi connectivity index (χ3n) is 13.3. The third kappa shape index (κ3) is 5.89. The highest BCUT2D eigenvalue weighted by atomic mass is 15.0. The van der Waals surface area contributed by atoms with E-state index in [2.05, 4.69) is 179 Å². The van der Waals surface area contributed by atoms with Crippen molar-refractivity contribution >= 4 is 66.4 Å². The zero-order valence-corrected chi connectivity index (χ0v) is 35.1. The van der Waals surface area contributed by atoms with Crippen molar-refractivity contribution in [2.45, 2.75) is 19.3 Å². The summed E-state index contributed by atoms with van der Waals surface area (Å²) < 4.78 is 5.00. The van der Waals surface area contributed by atoms with Gasteiger partial charge in [-0.3, -0.25) is 0 Å². The molecule has 0 saturated carbocycles. The van der Waals surface area contributed by atoms with Crippen molar-refractivity contribution in [3.8, 4) is 45.5 Å². The number of allylic oxidation sites excluding steroid dienone is 4. The SMILES string of the molecule is C1=CC(C2C=c3c(c4cc5c6c7ccccc7ccc6n(-c6ccccc6)c5cc4n3-c3cccc4cc(-c5nc(-c6ccccc6)nc(-c6ccccc6)n5)ccc34)=CC2)=CCC1. The number of benzene rings is 8. The molecule has 13 rings (SSSR count). The van der Waals surface area contributed by atoms with Gasteiger partial charge in [0, 0.05) is 55.1 Å². The van der Waals surface area contributed by atoms with Crippen LogP contribution in [0.25, 0.3) is 112 Å². The van der Waals surface area contributed by atoms with Gasteiger partial charge in [0.1, 0.15) is 0 Å². The fourth-order valence-electron chi connectivity index (χ4n) is 10.3. The summed E-state index contributed by atoms with van der Waals surface area (Å²) in [6.45, 7) is 0. The lowest BCUT2D eigenvalue weighted by Gasteiger charge is -2.18. The molecule has 0 radical (unpaired) electrons. The second-order valence-corrected chi connectivity index (χ2v) is 17.0. The van der Waals surface area contributed by atoms with E-state index in [-0.39, 0.29) is 0 Å². The maximum atomic E-state index is 5.08. The summed E-state index contributed by atoms with van der Waals surface area (Å²) in [5.74, 6) is 2.25. The van der Waals surface area contributed by atoms with Crippen molar-refractivity contribution in [3.05, 3.63) is 210 Å². The van der Waals surface area contributed by atoms with Crippen LogP contribution in [0.3, 0.4) is 0 Å². The van der Waals surface area contributed by atoms with Crippen molar-refractivity contribution < 1.29 is 0 Å². The summed E-state index contributed by atoms with van der Waals surface area (Å²) in [5.41, 5.74) is 10.1. The molecule has 8 aromatic carbocycles. The lowest BCUT2D eigenvalue weighted by atomic mass is 9.88. The Kier molecular flexibility index (Phi) is 8.41. The lowest BCUT2D eigenvalue weighted by molar-refractivity contribution is 0.821. The quantitative estimate of drug-likeness (QED) is 0.168. The fourth-order valence-corrected chi connectivity index (χ4v) is 10.3. The van der Waals surface area contributed by atoms with Gasteiger partial charge < -0.3 is 9.13 Å². The van der Waals surface area contributed by atoms with Crippen molar-refractivity contribution in [2.75, 3.05) is 0 Å². The van der Waals surface area contributed by atoms with Gasteiger partial charge in [-0.25, -0.2) is 15.0 Å². The van der Waals surface area contributed by atoms with E-state index < -0.39 is 0 Å². The molecule has 1 atom stereocenters. The molecule has 3 heterocycles. The average molecular weight is 820 g/mol. The lowest BCUT2D eigenvalue weighted by Crippen LogP contribution is -2.32. The number of para-hydroxylation sites is 1. The summed E-state index contributed by atoms with van der Waals surface area (Å²) in [6, 6.07) is 62.8. The standard InChI is InChI=1S/C59H41N5/c1-5-16-38(17-6-1)42-28-32-48-49-36-50-55(63(45-24-11-4-12-25-45)52-33-30-39-18-13-14-26-47(39)56(50)52)37-54(49)64(53(48)35-42)51-27-15-23-43-34-44(29-31-46(43)51)59-61-57(40-19-7-2-8-20-40)60-58(62-59)41-21-9-3-10-22-41/h2-5,7-27,29-37,42H,1,6,28H2. The smallest absolute Gasteiger partial charge is 0.164 e. The number of nitrogens with zero attached hydrogens (tertiary/aromatic N) is 5. The van der Waals surface area contributed by atoms with Crippen LogP contribution in [-0.4, -0.2) is 24.1 Å². The van der Waals surface area contributed by atoms with Crippen LogP contribution in [0, 0.1) is 5.92 Å². The predicted octanol–water partition coefficient (Wildman–Crippen LogP) is 13.1. The topological polar surface area (TPSA) is 48.5 Å². The minimum atomic E-state index is 0.299. The summed E-state index contributed by atoms with van der Waals surface area (Å²) in [6.07, 6.45) is 15.3. The zero-order valence-electron chi connectivity index (χ0n) is 35.1. The van der Waals surface area contributed by atoms with Gasteiger partial charge in [0.25, 0.3) is 0 Å². The largest absolute Gasteiger partial charge is 0.309 e. The molecule has 11 aromatic rings. The van der Waals surface area contributed by atoms with E-state index in [1.165, 1.54) is 59.6 Å². The number of aromatic nitrogens is 5. The second-order valence-electron chi connectivity index (χ2n) is 17.0. The maximum Gasteiger partial charge on any atom is 0.164 e. The average Bonchev–Trinajstić information content (AvgIpc) is 3.87. The monoisotopic (exact) mass is 819 g/mol. The van der Waals surface area contributed by atoms with Gasteiger partial charge in [-0.15, -0.1) is 0 Å². The highest BCUT2D eigenvalue weighted by Gasteiger charge is 2.23. The molecule has 0 bridgehead atoms. The number of fused-ring (bicyclic) bond motifs is 9. The van der Waals surface area contributed by atoms with Crippen LogP contribution in [0.1, 0.15) is 19.3 Å². The minimum Gasteiger partial charge on any atom is -0.309 e. The molecular weight excluding hydrogens is 779 g/mol. The Morgan fingerprint density at radius 1 is 0.453 bits per heavy atom. The minimum absolute atomic E-state index is 0.299. The van der Waals surface area contributed by atoms with E-state index in [0.29, 0.717) is 23.4 Å². The Labute approximate surface area is 370 Å². The van der Waals surface area contributed by atoms with Crippen molar-refractivity contribution in [3.63, 3.8) is 0 Å². The Hall–Kier alpha value is -8.15. The van der Waals surface area contributed by atoms with Gasteiger partial charge in [-0.05, 0) is 83.5 Å². The molecule has 302 valence electrons. The first-order valence-electron chi connectivity index (χ1n) is 22.3. The molecule has 0 spiro atoms. The van der Waals surface area contributed by atoms with Crippen LogP contribution in [0.2, 0.25) is 0 Å². The molecule has 0 saturated heterocycles. The second kappa shape index (κ2) is 14.7. The van der Waals surface area contributed by atoms with Crippen LogP contribution in [0.5, 0.6) is 0 Å². The van der Waals surface area contributed by atoms with Gasteiger partial charge >= 0.3 is 0 Å². The molecule has 0 fully saturated rings. The highest BCUT2D eigenvalue weighted by Crippen LogP contribution is 2.40. The molecule has 0 aliphatic heterocycles. The summed E-state index contributed by atoms with van der Waals surface area (Å²) in [4.78, 5) is 15.1. The number of rotatable bonds is 6. The third-order valence-corrected chi connectivity index (χ3v) is 13.3. The Bertz CT molecular complexity index is 3800. The first-order valence-corrected chi connectivity index (χ1v) is 22.3. The van der Waals surface area contributed by atoms with Crippen LogP contribution < -0.4 is 10.6 Å². The van der Waals surface area contributed by atoms with Crippen LogP contribution in [0.4, 0.5) is 0 Å². The summed E-state index contributed by atoms with van der Waals surface area (Å²) >= 11 is 0. The Morgan fingerprint density at radius 2 is 1.14 bits per heavy atom. The van der Waals surface area contributed by atoms with Gasteiger partial charge in [0.15, 0.2) is 17.5 Å². The summed E-state index contributed by atoms with van der Waals surface area (Å²) in [7, 11) is 0. The maximum absolute atomic E-state index is 5.08. The van der Waals surface area contributed by atoms with Crippen LogP contribution in [-0.2, 0) is 0 Å². The van der Waals surface area contributed by atoms with Gasteiger partial charge in [-0.2, -0.15) is 0 Å². The van der Waals surface area contributed by atoms with E-state index in [4.69, 9.17) is 15.0 Å². The van der Waals surface area contributed by atoms with E-state index in [0.717, 1.165) is 58.1 Å². The normalized spacial score (nSPS) is 14.8. The van der Waals surface area contributed by atoms with E-state index in [1.54, 1.807) is 0 Å².